The average Bonchev–Trinajstić information content (AvgIpc) is 3.41. The number of amides is 1. The molecule has 2 atom stereocenters. The van der Waals surface area contributed by atoms with Crippen molar-refractivity contribution in [3.8, 4) is 5.75 Å². The molecule has 1 aliphatic rings. The van der Waals surface area contributed by atoms with Gasteiger partial charge in [0.05, 0.1) is 4.90 Å². The SMILES string of the molecule is CC(=N)CCCCCC(=O)Oc1ccc(CC(NC(=O)[C@@H]2CCCN2S(=O)(=O)c2ccccc2)C(=O)O)cc1. The summed E-state index contributed by atoms with van der Waals surface area (Å²) in [7, 11) is -3.90. The number of unbranched alkanes of at least 4 members (excludes halogenated alkanes) is 2. The second-order valence-electron chi connectivity index (χ2n) is 9.65. The number of benzene rings is 2. The number of esters is 1. The number of hydrogen-bond donors (Lipinski definition) is 3. The number of sulfonamides is 1. The van der Waals surface area contributed by atoms with Crippen molar-refractivity contribution < 1.29 is 32.6 Å². The Balaban J connectivity index is 1.55. The molecular formula is C28H35N3O7S. The van der Waals surface area contributed by atoms with Crippen LogP contribution < -0.4 is 10.1 Å². The van der Waals surface area contributed by atoms with Gasteiger partial charge in [0.15, 0.2) is 0 Å². The normalized spacial score (nSPS) is 16.4. The zero-order chi connectivity index (χ0) is 28.4. The number of carbonyl (C=O) groups is 3. The van der Waals surface area contributed by atoms with E-state index >= 15 is 0 Å². The number of carbonyl (C=O) groups excluding carboxylic acids is 2. The quantitative estimate of drug-likeness (QED) is 0.139. The predicted molar refractivity (Wildman–Crippen MR) is 145 cm³/mol. The third-order valence-electron chi connectivity index (χ3n) is 6.50. The van der Waals surface area contributed by atoms with Crippen LogP contribution in [0.2, 0.25) is 0 Å². The lowest BCUT2D eigenvalue weighted by Crippen LogP contribution is -2.51. The van der Waals surface area contributed by atoms with E-state index < -0.39 is 34.0 Å². The molecule has 210 valence electrons. The molecule has 3 N–H and O–H groups in total. The van der Waals surface area contributed by atoms with Crippen molar-refractivity contribution in [2.24, 2.45) is 0 Å². The summed E-state index contributed by atoms with van der Waals surface area (Å²) in [5.74, 6) is -1.92. The fraction of sp³-hybridized carbons (Fsp3) is 0.429. The van der Waals surface area contributed by atoms with Crippen molar-refractivity contribution in [2.45, 2.75) is 75.3 Å². The Kier molecular flexibility index (Phi) is 10.8. The van der Waals surface area contributed by atoms with Gasteiger partial charge in [-0.1, -0.05) is 36.8 Å². The standard InChI is InChI=1S/C28H35N3O7S/c1-20(29)9-4-2-7-13-26(32)38-22-16-14-21(15-17-22)19-24(28(34)35)30-27(33)25-12-8-18-31(25)39(36,37)23-10-5-3-6-11-23/h3,5-6,10-11,14-17,24-25,29H,2,4,7-9,12-13,18-19H2,1H3,(H,30,33)(H,34,35)/t24?,25-/m0/s1. The topological polar surface area (TPSA) is 154 Å². The second kappa shape index (κ2) is 14.0. The summed E-state index contributed by atoms with van der Waals surface area (Å²) in [5, 5.41) is 19.6. The zero-order valence-corrected chi connectivity index (χ0v) is 22.8. The van der Waals surface area contributed by atoms with Gasteiger partial charge in [-0.2, -0.15) is 4.31 Å². The number of carboxylic acid groups (broad SMARTS) is 1. The molecule has 1 unspecified atom stereocenters. The number of nitrogens with zero attached hydrogens (tertiary/aromatic N) is 1. The van der Waals surface area contributed by atoms with Crippen LogP contribution in [0, 0.1) is 5.41 Å². The van der Waals surface area contributed by atoms with E-state index in [2.05, 4.69) is 5.32 Å². The molecule has 11 heteroatoms. The van der Waals surface area contributed by atoms with E-state index in [1.54, 1.807) is 49.4 Å². The van der Waals surface area contributed by atoms with Crippen molar-refractivity contribution in [3.63, 3.8) is 0 Å². The van der Waals surface area contributed by atoms with E-state index in [4.69, 9.17) is 10.1 Å². The van der Waals surface area contributed by atoms with Crippen molar-refractivity contribution in [1.82, 2.24) is 9.62 Å². The highest BCUT2D eigenvalue weighted by molar-refractivity contribution is 7.89. The molecule has 3 rings (SSSR count). The van der Waals surface area contributed by atoms with Gasteiger partial charge in [0.1, 0.15) is 17.8 Å². The number of hydrogen-bond acceptors (Lipinski definition) is 7. The van der Waals surface area contributed by atoms with Crippen LogP contribution in [-0.4, -0.2) is 60.0 Å². The lowest BCUT2D eigenvalue weighted by molar-refractivity contribution is -0.142. The third kappa shape index (κ3) is 8.72. The van der Waals surface area contributed by atoms with Gasteiger partial charge in [-0.3, -0.25) is 9.59 Å². The van der Waals surface area contributed by atoms with E-state index in [9.17, 15) is 27.9 Å². The molecular weight excluding hydrogens is 522 g/mol. The van der Waals surface area contributed by atoms with Crippen LogP contribution in [0.25, 0.3) is 0 Å². The minimum absolute atomic E-state index is 0.0279. The highest BCUT2D eigenvalue weighted by Gasteiger charge is 2.40. The number of aliphatic carboxylic acids is 1. The minimum Gasteiger partial charge on any atom is -0.480 e. The van der Waals surface area contributed by atoms with E-state index in [1.807, 2.05) is 0 Å². The van der Waals surface area contributed by atoms with Crippen molar-refractivity contribution >= 4 is 33.6 Å². The second-order valence-corrected chi connectivity index (χ2v) is 11.5. The molecule has 0 radical (unpaired) electrons. The van der Waals surface area contributed by atoms with Gasteiger partial charge in [0.2, 0.25) is 15.9 Å². The monoisotopic (exact) mass is 557 g/mol. The maximum Gasteiger partial charge on any atom is 0.326 e. The summed E-state index contributed by atoms with van der Waals surface area (Å²) in [6.07, 6.45) is 4.13. The van der Waals surface area contributed by atoms with Crippen molar-refractivity contribution in [2.75, 3.05) is 6.54 Å². The van der Waals surface area contributed by atoms with Gasteiger partial charge in [0, 0.05) is 25.1 Å². The molecule has 2 aromatic carbocycles. The Labute approximate surface area is 228 Å². The van der Waals surface area contributed by atoms with Crippen LogP contribution >= 0.6 is 0 Å². The zero-order valence-electron chi connectivity index (χ0n) is 22.0. The molecule has 0 spiro atoms. The predicted octanol–water partition coefficient (Wildman–Crippen LogP) is 3.55. The first kappa shape index (κ1) is 30.0. The number of rotatable bonds is 14. The number of nitrogens with one attached hydrogen (secondary N) is 2. The van der Waals surface area contributed by atoms with Crippen molar-refractivity contribution in [3.05, 3.63) is 60.2 Å². The minimum atomic E-state index is -3.90. The Morgan fingerprint density at radius 2 is 1.72 bits per heavy atom. The van der Waals surface area contributed by atoms with Crippen LogP contribution in [0.15, 0.2) is 59.5 Å². The van der Waals surface area contributed by atoms with Crippen LogP contribution in [0.5, 0.6) is 5.75 Å². The first-order valence-electron chi connectivity index (χ1n) is 13.0. The summed E-state index contributed by atoms with van der Waals surface area (Å²) >= 11 is 0. The molecule has 0 bridgehead atoms. The van der Waals surface area contributed by atoms with Crippen molar-refractivity contribution in [1.29, 1.82) is 5.41 Å². The van der Waals surface area contributed by atoms with Gasteiger partial charge in [-0.15, -0.1) is 0 Å². The Morgan fingerprint density at radius 1 is 1.05 bits per heavy atom. The first-order valence-corrected chi connectivity index (χ1v) is 14.5. The number of ether oxygens (including phenoxy) is 1. The van der Waals surface area contributed by atoms with E-state index in [0.29, 0.717) is 36.3 Å². The summed E-state index contributed by atoms with van der Waals surface area (Å²) in [4.78, 5) is 37.1. The molecule has 1 aliphatic heterocycles. The average molecular weight is 558 g/mol. The Morgan fingerprint density at radius 3 is 2.36 bits per heavy atom. The van der Waals surface area contributed by atoms with Gasteiger partial charge in [-0.05, 0) is 68.9 Å². The molecule has 10 nitrogen and oxygen atoms in total. The largest absolute Gasteiger partial charge is 0.480 e. The van der Waals surface area contributed by atoms with E-state index in [1.165, 1.54) is 12.1 Å². The van der Waals surface area contributed by atoms with Crippen LogP contribution in [0.1, 0.15) is 57.4 Å². The maximum atomic E-state index is 13.1. The third-order valence-corrected chi connectivity index (χ3v) is 8.42. The van der Waals surface area contributed by atoms with Crippen LogP contribution in [0.4, 0.5) is 0 Å². The molecule has 39 heavy (non-hydrogen) atoms. The van der Waals surface area contributed by atoms with E-state index in [-0.39, 0.29) is 30.3 Å². The Bertz CT molecular complexity index is 1260. The highest BCUT2D eigenvalue weighted by atomic mass is 32.2. The van der Waals surface area contributed by atoms with Gasteiger partial charge >= 0.3 is 11.9 Å². The van der Waals surface area contributed by atoms with Crippen LogP contribution in [0.3, 0.4) is 0 Å². The fourth-order valence-electron chi connectivity index (χ4n) is 4.43. The fourth-order valence-corrected chi connectivity index (χ4v) is 6.11. The lowest BCUT2D eigenvalue weighted by Gasteiger charge is -2.25. The molecule has 1 saturated heterocycles. The summed E-state index contributed by atoms with van der Waals surface area (Å²) in [6, 6.07) is 12.0. The maximum absolute atomic E-state index is 13.1. The van der Waals surface area contributed by atoms with E-state index in [0.717, 1.165) is 23.6 Å². The molecule has 1 amide bonds. The van der Waals surface area contributed by atoms with Gasteiger partial charge < -0.3 is 20.6 Å². The summed E-state index contributed by atoms with van der Waals surface area (Å²) < 4.78 is 32.6. The molecule has 0 aliphatic carbocycles. The highest BCUT2D eigenvalue weighted by Crippen LogP contribution is 2.26. The Hall–Kier alpha value is -3.57. The first-order chi connectivity index (χ1) is 18.6. The lowest BCUT2D eigenvalue weighted by atomic mass is 10.1. The van der Waals surface area contributed by atoms with Gasteiger partial charge in [-0.25, -0.2) is 13.2 Å². The molecule has 2 aromatic rings. The molecule has 0 aromatic heterocycles. The van der Waals surface area contributed by atoms with Crippen LogP contribution in [-0.2, 0) is 30.8 Å². The summed E-state index contributed by atoms with van der Waals surface area (Å²) in [6.45, 7) is 1.93. The smallest absolute Gasteiger partial charge is 0.326 e. The summed E-state index contributed by atoms with van der Waals surface area (Å²) in [5.41, 5.74) is 1.23. The number of carboxylic acids is 1. The van der Waals surface area contributed by atoms with Gasteiger partial charge in [0.25, 0.3) is 0 Å². The molecule has 1 fully saturated rings. The molecule has 0 saturated carbocycles. The molecule has 1 heterocycles.